The number of rotatable bonds is 3. The van der Waals surface area contributed by atoms with Crippen LogP contribution < -0.4 is 5.32 Å². The van der Waals surface area contributed by atoms with Gasteiger partial charge >= 0.3 is 0 Å². The van der Waals surface area contributed by atoms with Gasteiger partial charge in [-0.25, -0.2) is 0 Å². The predicted octanol–water partition coefficient (Wildman–Crippen LogP) is 3.03. The molecule has 1 fully saturated rings. The Hall–Kier alpha value is -0.340. The molecular weight excluding hydrogens is 190 g/mol. The van der Waals surface area contributed by atoms with Gasteiger partial charge in [-0.05, 0) is 37.3 Å². The van der Waals surface area contributed by atoms with Crippen LogP contribution in [0.3, 0.4) is 0 Å². The fourth-order valence-corrected chi connectivity index (χ4v) is 3.91. The summed E-state index contributed by atoms with van der Waals surface area (Å²) >= 11 is 1.92. The average molecular weight is 209 g/mol. The second kappa shape index (κ2) is 4.03. The highest BCUT2D eigenvalue weighted by molar-refractivity contribution is 7.10. The highest BCUT2D eigenvalue weighted by atomic mass is 32.1. The van der Waals surface area contributed by atoms with E-state index < -0.39 is 0 Å². The Labute approximate surface area is 90.5 Å². The summed E-state index contributed by atoms with van der Waals surface area (Å²) in [7, 11) is 2.07. The third kappa shape index (κ3) is 1.51. The van der Waals surface area contributed by atoms with Crippen molar-refractivity contribution >= 4 is 11.3 Å². The Morgan fingerprint density at radius 2 is 2.50 bits per heavy atom. The monoisotopic (exact) mass is 209 g/mol. The molecule has 2 unspecified atom stereocenters. The van der Waals surface area contributed by atoms with Crippen LogP contribution in [0.2, 0.25) is 0 Å². The first-order valence-corrected chi connectivity index (χ1v) is 6.36. The quantitative estimate of drug-likeness (QED) is 0.807. The lowest BCUT2D eigenvalue weighted by molar-refractivity contribution is 0.332. The molecule has 0 aromatic carbocycles. The topological polar surface area (TPSA) is 12.0 Å². The van der Waals surface area contributed by atoms with Crippen molar-refractivity contribution in [3.63, 3.8) is 0 Å². The molecule has 1 nitrogen and oxygen atoms in total. The van der Waals surface area contributed by atoms with E-state index in [9.17, 15) is 0 Å². The Morgan fingerprint density at radius 1 is 1.64 bits per heavy atom. The minimum atomic E-state index is 0.433. The molecule has 2 heteroatoms. The summed E-state index contributed by atoms with van der Waals surface area (Å²) in [5.74, 6) is 0.827. The van der Waals surface area contributed by atoms with E-state index in [4.69, 9.17) is 0 Å². The zero-order chi connectivity index (χ0) is 10.0. The van der Waals surface area contributed by atoms with Gasteiger partial charge in [-0.3, -0.25) is 0 Å². The van der Waals surface area contributed by atoms with E-state index in [-0.39, 0.29) is 0 Å². The first-order chi connectivity index (χ1) is 6.79. The first-order valence-electron chi connectivity index (χ1n) is 5.48. The summed E-state index contributed by atoms with van der Waals surface area (Å²) in [4.78, 5) is 1.58. The molecule has 14 heavy (non-hydrogen) atoms. The molecule has 1 aromatic rings. The van der Waals surface area contributed by atoms with Crippen LogP contribution in [0.1, 0.15) is 31.1 Å². The summed E-state index contributed by atoms with van der Waals surface area (Å²) < 4.78 is 0. The van der Waals surface area contributed by atoms with Crippen LogP contribution in [0.15, 0.2) is 17.5 Å². The maximum absolute atomic E-state index is 3.38. The molecule has 0 spiro atoms. The second-order valence-corrected chi connectivity index (χ2v) is 5.40. The molecule has 0 bridgehead atoms. The molecule has 0 aliphatic heterocycles. The fourth-order valence-electron chi connectivity index (χ4n) is 2.84. The Bertz CT molecular complexity index is 281. The molecule has 1 aromatic heterocycles. The van der Waals surface area contributed by atoms with Crippen molar-refractivity contribution in [2.75, 3.05) is 13.6 Å². The lowest BCUT2D eigenvalue weighted by Gasteiger charge is -2.32. The SMILES string of the molecule is CNCC1(c2cccs2)CCCC1C. The van der Waals surface area contributed by atoms with Crippen molar-refractivity contribution in [2.45, 2.75) is 31.6 Å². The fraction of sp³-hybridized carbons (Fsp3) is 0.667. The number of likely N-dealkylation sites (N-methyl/N-ethyl adjacent to an activating group) is 1. The van der Waals surface area contributed by atoms with Crippen molar-refractivity contribution in [3.8, 4) is 0 Å². The number of hydrogen-bond acceptors (Lipinski definition) is 2. The Kier molecular flexibility index (Phi) is 2.93. The zero-order valence-corrected chi connectivity index (χ0v) is 9.86. The molecule has 1 aliphatic carbocycles. The van der Waals surface area contributed by atoms with Gasteiger partial charge in [0.25, 0.3) is 0 Å². The highest BCUT2D eigenvalue weighted by Gasteiger charge is 2.41. The molecule has 78 valence electrons. The van der Waals surface area contributed by atoms with Gasteiger partial charge in [0.2, 0.25) is 0 Å². The van der Waals surface area contributed by atoms with Crippen molar-refractivity contribution in [1.29, 1.82) is 0 Å². The van der Waals surface area contributed by atoms with Crippen LogP contribution in [-0.4, -0.2) is 13.6 Å². The van der Waals surface area contributed by atoms with Crippen molar-refractivity contribution in [2.24, 2.45) is 5.92 Å². The zero-order valence-electron chi connectivity index (χ0n) is 9.05. The Morgan fingerprint density at radius 3 is 3.00 bits per heavy atom. The van der Waals surface area contributed by atoms with E-state index in [0.29, 0.717) is 5.41 Å². The van der Waals surface area contributed by atoms with Gasteiger partial charge in [0.1, 0.15) is 0 Å². The molecule has 0 amide bonds. The summed E-state index contributed by atoms with van der Waals surface area (Å²) in [5, 5.41) is 5.58. The van der Waals surface area contributed by atoms with E-state index in [1.807, 2.05) is 11.3 Å². The molecule has 1 N–H and O–H groups in total. The summed E-state index contributed by atoms with van der Waals surface area (Å²) in [6.45, 7) is 3.54. The molecule has 2 rings (SSSR count). The maximum Gasteiger partial charge on any atom is 0.0197 e. The highest BCUT2D eigenvalue weighted by Crippen LogP contribution is 2.46. The molecule has 0 saturated heterocycles. The number of hydrogen-bond donors (Lipinski definition) is 1. The van der Waals surface area contributed by atoms with Gasteiger partial charge in [0, 0.05) is 16.8 Å². The summed E-state index contributed by atoms with van der Waals surface area (Å²) in [5.41, 5.74) is 0.433. The second-order valence-electron chi connectivity index (χ2n) is 4.46. The van der Waals surface area contributed by atoms with Gasteiger partial charge < -0.3 is 5.32 Å². The van der Waals surface area contributed by atoms with Gasteiger partial charge in [0.05, 0.1) is 0 Å². The van der Waals surface area contributed by atoms with Crippen LogP contribution in [-0.2, 0) is 5.41 Å². The van der Waals surface area contributed by atoms with Crippen LogP contribution in [0.25, 0.3) is 0 Å². The van der Waals surface area contributed by atoms with Gasteiger partial charge in [-0.15, -0.1) is 11.3 Å². The van der Waals surface area contributed by atoms with Crippen molar-refractivity contribution in [1.82, 2.24) is 5.32 Å². The lowest BCUT2D eigenvalue weighted by Crippen LogP contribution is -2.38. The summed E-state index contributed by atoms with van der Waals surface area (Å²) in [6.07, 6.45) is 4.13. The van der Waals surface area contributed by atoms with Crippen molar-refractivity contribution < 1.29 is 0 Å². The molecular formula is C12H19NS. The normalized spacial score (nSPS) is 32.3. The van der Waals surface area contributed by atoms with Crippen molar-refractivity contribution in [3.05, 3.63) is 22.4 Å². The van der Waals surface area contributed by atoms with E-state index in [0.717, 1.165) is 12.5 Å². The van der Waals surface area contributed by atoms with Gasteiger partial charge in [0.15, 0.2) is 0 Å². The van der Waals surface area contributed by atoms with Crippen LogP contribution >= 0.6 is 11.3 Å². The van der Waals surface area contributed by atoms with Gasteiger partial charge in [-0.2, -0.15) is 0 Å². The average Bonchev–Trinajstić information content (AvgIpc) is 2.77. The first kappa shape index (κ1) is 10.2. The smallest absolute Gasteiger partial charge is 0.0197 e. The van der Waals surface area contributed by atoms with E-state index in [1.54, 1.807) is 4.88 Å². The lowest BCUT2D eigenvalue weighted by atomic mass is 9.77. The Balaban J connectivity index is 2.31. The molecule has 1 saturated carbocycles. The maximum atomic E-state index is 3.38. The number of thiophene rings is 1. The molecule has 1 heterocycles. The third-order valence-electron chi connectivity index (χ3n) is 3.71. The molecule has 1 aliphatic rings. The van der Waals surface area contributed by atoms with Crippen LogP contribution in [0.5, 0.6) is 0 Å². The minimum absolute atomic E-state index is 0.433. The third-order valence-corrected chi connectivity index (χ3v) is 4.80. The predicted molar refractivity (Wildman–Crippen MR) is 62.9 cm³/mol. The molecule has 0 radical (unpaired) electrons. The van der Waals surface area contributed by atoms with Crippen LogP contribution in [0, 0.1) is 5.92 Å². The van der Waals surface area contributed by atoms with E-state index in [1.165, 1.54) is 19.3 Å². The van der Waals surface area contributed by atoms with Gasteiger partial charge in [-0.1, -0.05) is 19.4 Å². The van der Waals surface area contributed by atoms with E-state index in [2.05, 4.69) is 36.8 Å². The summed E-state index contributed by atoms with van der Waals surface area (Å²) in [6, 6.07) is 4.49. The van der Waals surface area contributed by atoms with Crippen LogP contribution in [0.4, 0.5) is 0 Å². The standard InChI is InChI=1S/C12H19NS/c1-10-5-3-7-12(10,9-13-2)11-6-4-8-14-11/h4,6,8,10,13H,3,5,7,9H2,1-2H3. The molecule has 2 atom stereocenters. The largest absolute Gasteiger partial charge is 0.319 e. The van der Waals surface area contributed by atoms with E-state index >= 15 is 0 Å². The minimum Gasteiger partial charge on any atom is -0.319 e. The number of nitrogens with one attached hydrogen (secondary N) is 1.